The average Bonchev–Trinajstić information content (AvgIpc) is 2.59. The molecule has 0 aliphatic carbocycles. The molecular weight excluding hydrogens is 320 g/mol. The van der Waals surface area contributed by atoms with E-state index in [2.05, 4.69) is 4.98 Å². The topological polar surface area (TPSA) is 90.6 Å². The van der Waals surface area contributed by atoms with E-state index in [9.17, 15) is 9.59 Å². The number of nitrogen functional groups attached to an aromatic ring is 1. The molecule has 3 aromatic heterocycles. The first-order valence-corrected chi connectivity index (χ1v) is 8.30. The lowest BCUT2D eigenvalue weighted by Gasteiger charge is -2.11. The summed E-state index contributed by atoms with van der Waals surface area (Å²) in [5.41, 5.74) is 8.11. The number of nitrogens with two attached hydrogens (primary N) is 1. The second-order valence-corrected chi connectivity index (χ2v) is 5.85. The van der Waals surface area contributed by atoms with E-state index in [1.807, 2.05) is 19.9 Å². The Kier molecular flexibility index (Phi) is 4.39. The molecule has 3 rings (SSSR count). The number of pyridine rings is 2. The van der Waals surface area contributed by atoms with Crippen molar-refractivity contribution in [2.45, 2.75) is 33.7 Å². The van der Waals surface area contributed by atoms with Crippen LogP contribution in [0.1, 0.15) is 36.2 Å². The minimum absolute atomic E-state index is 0.189. The van der Waals surface area contributed by atoms with Crippen LogP contribution in [0.2, 0.25) is 0 Å². The van der Waals surface area contributed by atoms with Crippen molar-refractivity contribution < 1.29 is 14.1 Å². The SMILES string of the molecule is CCC[n+]1c(N)c(C(=O)OCC)cc2c(=O)n3cccc(C)c3nc21. The molecule has 0 aliphatic heterocycles. The van der Waals surface area contributed by atoms with Gasteiger partial charge in [-0.1, -0.05) is 18.0 Å². The predicted octanol–water partition coefficient (Wildman–Crippen LogP) is 1.61. The number of aromatic nitrogens is 3. The highest BCUT2D eigenvalue weighted by Gasteiger charge is 2.25. The summed E-state index contributed by atoms with van der Waals surface area (Å²) in [4.78, 5) is 29.9. The van der Waals surface area contributed by atoms with Gasteiger partial charge in [0.25, 0.3) is 11.2 Å². The van der Waals surface area contributed by atoms with Crippen LogP contribution in [0, 0.1) is 6.92 Å². The van der Waals surface area contributed by atoms with E-state index < -0.39 is 5.97 Å². The summed E-state index contributed by atoms with van der Waals surface area (Å²) in [6.07, 6.45) is 2.45. The molecule has 130 valence electrons. The molecule has 0 saturated carbocycles. The first-order chi connectivity index (χ1) is 12.0. The fraction of sp³-hybridized carbons (Fsp3) is 0.333. The molecule has 25 heavy (non-hydrogen) atoms. The van der Waals surface area contributed by atoms with Crippen molar-refractivity contribution in [1.82, 2.24) is 9.38 Å². The minimum atomic E-state index is -0.541. The minimum Gasteiger partial charge on any atom is -0.462 e. The van der Waals surface area contributed by atoms with Gasteiger partial charge in [-0.2, -0.15) is 0 Å². The third-order valence-electron chi connectivity index (χ3n) is 4.12. The highest BCUT2D eigenvalue weighted by atomic mass is 16.5. The highest BCUT2D eigenvalue weighted by Crippen LogP contribution is 2.16. The van der Waals surface area contributed by atoms with E-state index in [1.54, 1.807) is 23.8 Å². The molecule has 3 aromatic rings. The van der Waals surface area contributed by atoms with Crippen molar-refractivity contribution >= 4 is 28.5 Å². The van der Waals surface area contributed by atoms with Crippen molar-refractivity contribution in [2.24, 2.45) is 0 Å². The standard InChI is InChI=1S/C18H20N4O3/c1-4-8-21-14(19)12(18(24)25-5-2)10-13-16(21)20-15-11(3)7-6-9-22(15)17(13)23/h6-7,9-10,19H,4-5,8H2,1-3H3/p+1. The van der Waals surface area contributed by atoms with Gasteiger partial charge < -0.3 is 10.5 Å². The molecule has 0 saturated heterocycles. The number of ether oxygens (including phenoxy) is 1. The summed E-state index contributed by atoms with van der Waals surface area (Å²) in [5.74, 6) is -0.280. The van der Waals surface area contributed by atoms with Gasteiger partial charge in [-0.05, 0) is 32.4 Å². The van der Waals surface area contributed by atoms with Crippen LogP contribution in [-0.2, 0) is 11.3 Å². The maximum absolute atomic E-state index is 13.0. The number of rotatable bonds is 4. The van der Waals surface area contributed by atoms with Gasteiger partial charge in [-0.3, -0.25) is 9.20 Å². The number of nitrogens with zero attached hydrogens (tertiary/aromatic N) is 3. The maximum atomic E-state index is 13.0. The molecule has 7 nitrogen and oxygen atoms in total. The largest absolute Gasteiger partial charge is 0.462 e. The molecule has 2 N–H and O–H groups in total. The van der Waals surface area contributed by atoms with Gasteiger partial charge in [0.05, 0.1) is 13.2 Å². The number of esters is 1. The number of aryl methyl sites for hydroxylation is 2. The Labute approximate surface area is 144 Å². The molecule has 3 heterocycles. The molecule has 7 heteroatoms. The van der Waals surface area contributed by atoms with Crippen molar-refractivity contribution in [3.05, 3.63) is 45.9 Å². The Bertz CT molecular complexity index is 1040. The Morgan fingerprint density at radius 1 is 1.40 bits per heavy atom. The molecule has 0 spiro atoms. The third kappa shape index (κ3) is 2.71. The lowest BCUT2D eigenvalue weighted by molar-refractivity contribution is -0.658. The monoisotopic (exact) mass is 341 g/mol. The number of fused-ring (bicyclic) bond motifs is 2. The molecule has 0 aromatic carbocycles. The molecule has 0 radical (unpaired) electrons. The fourth-order valence-corrected chi connectivity index (χ4v) is 2.93. The normalized spacial score (nSPS) is 11.2. The van der Waals surface area contributed by atoms with E-state index >= 15 is 0 Å². The Morgan fingerprint density at radius 2 is 2.16 bits per heavy atom. The second-order valence-electron chi connectivity index (χ2n) is 5.85. The van der Waals surface area contributed by atoms with Crippen LogP contribution in [0.25, 0.3) is 16.7 Å². The summed E-state index contributed by atoms with van der Waals surface area (Å²) in [6.45, 7) is 6.40. The molecule has 0 fully saturated rings. The van der Waals surface area contributed by atoms with Gasteiger partial charge >= 0.3 is 5.97 Å². The summed E-state index contributed by atoms with van der Waals surface area (Å²) >= 11 is 0. The van der Waals surface area contributed by atoms with Crippen LogP contribution >= 0.6 is 0 Å². The maximum Gasteiger partial charge on any atom is 0.344 e. The van der Waals surface area contributed by atoms with Crippen LogP contribution in [0.5, 0.6) is 0 Å². The first kappa shape index (κ1) is 16.9. The number of carbonyl (C=O) groups is 1. The fourth-order valence-electron chi connectivity index (χ4n) is 2.93. The zero-order chi connectivity index (χ0) is 18.1. The Morgan fingerprint density at radius 3 is 2.84 bits per heavy atom. The molecule has 0 aliphatic rings. The van der Waals surface area contributed by atoms with Crippen molar-refractivity contribution in [3.8, 4) is 0 Å². The molecule has 0 unspecified atom stereocenters. The van der Waals surface area contributed by atoms with Gasteiger partial charge in [-0.25, -0.2) is 9.36 Å². The van der Waals surface area contributed by atoms with Crippen LogP contribution in [-0.4, -0.2) is 22.0 Å². The summed E-state index contributed by atoms with van der Waals surface area (Å²) in [6, 6.07) is 5.17. The smallest absolute Gasteiger partial charge is 0.344 e. The highest BCUT2D eigenvalue weighted by molar-refractivity contribution is 5.96. The van der Waals surface area contributed by atoms with Crippen LogP contribution in [0.4, 0.5) is 5.82 Å². The van der Waals surface area contributed by atoms with Crippen molar-refractivity contribution in [1.29, 1.82) is 0 Å². The summed E-state index contributed by atoms with van der Waals surface area (Å²) < 4.78 is 8.28. The number of carbonyl (C=O) groups excluding carboxylic acids is 1. The van der Waals surface area contributed by atoms with Gasteiger partial charge in [0, 0.05) is 11.8 Å². The van der Waals surface area contributed by atoms with Crippen LogP contribution in [0.15, 0.2) is 29.2 Å². The number of anilines is 1. The Hall–Kier alpha value is -2.96. The average molecular weight is 341 g/mol. The molecule has 0 amide bonds. The van der Waals surface area contributed by atoms with Crippen molar-refractivity contribution in [3.63, 3.8) is 0 Å². The van der Waals surface area contributed by atoms with Gasteiger partial charge in [0.15, 0.2) is 0 Å². The van der Waals surface area contributed by atoms with E-state index in [-0.39, 0.29) is 23.5 Å². The van der Waals surface area contributed by atoms with Gasteiger partial charge in [0.1, 0.15) is 10.9 Å². The predicted molar refractivity (Wildman–Crippen MR) is 94.6 cm³/mol. The summed E-state index contributed by atoms with van der Waals surface area (Å²) in [5, 5.41) is 0.341. The van der Waals surface area contributed by atoms with Crippen LogP contribution in [0.3, 0.4) is 0 Å². The van der Waals surface area contributed by atoms with Crippen LogP contribution < -0.4 is 15.9 Å². The molecule has 0 bridgehead atoms. The number of hydrogen-bond acceptors (Lipinski definition) is 5. The van der Waals surface area contributed by atoms with E-state index in [1.165, 1.54) is 10.5 Å². The quantitative estimate of drug-likeness (QED) is 0.442. The Balaban J connectivity index is 2.47. The third-order valence-corrected chi connectivity index (χ3v) is 4.12. The molecular formula is C18H21N4O3+. The second kappa shape index (κ2) is 6.51. The lowest BCUT2D eigenvalue weighted by atomic mass is 10.2. The van der Waals surface area contributed by atoms with Gasteiger partial charge in [0.2, 0.25) is 11.5 Å². The van der Waals surface area contributed by atoms with E-state index in [0.29, 0.717) is 23.2 Å². The lowest BCUT2D eigenvalue weighted by Crippen LogP contribution is -2.42. The van der Waals surface area contributed by atoms with E-state index in [4.69, 9.17) is 10.5 Å². The number of hydrogen-bond donors (Lipinski definition) is 1. The molecule has 0 atom stereocenters. The van der Waals surface area contributed by atoms with Crippen molar-refractivity contribution in [2.75, 3.05) is 12.3 Å². The first-order valence-electron chi connectivity index (χ1n) is 8.30. The zero-order valence-corrected chi connectivity index (χ0v) is 14.6. The van der Waals surface area contributed by atoms with Gasteiger partial charge in [-0.15, -0.1) is 0 Å². The van der Waals surface area contributed by atoms with E-state index in [0.717, 1.165) is 12.0 Å². The summed E-state index contributed by atoms with van der Waals surface area (Å²) in [7, 11) is 0. The zero-order valence-electron chi connectivity index (χ0n) is 14.6.